The second-order valence-corrected chi connectivity index (χ2v) is 3.89. The van der Waals surface area contributed by atoms with Crippen molar-refractivity contribution in [1.82, 2.24) is 0 Å². The predicted octanol–water partition coefficient (Wildman–Crippen LogP) is 2.66. The van der Waals surface area contributed by atoms with Crippen molar-refractivity contribution >= 4 is 23.3 Å². The lowest BCUT2D eigenvalue weighted by atomic mass is 10.2. The summed E-state index contributed by atoms with van der Waals surface area (Å²) in [6.45, 7) is -2.05. The summed E-state index contributed by atoms with van der Waals surface area (Å²) in [5.74, 6) is -0.770. The molecule has 8 heteroatoms. The molecule has 0 amide bonds. The molecule has 19 heavy (non-hydrogen) atoms. The van der Waals surface area contributed by atoms with Crippen molar-refractivity contribution in [3.8, 4) is 0 Å². The molecule has 2 N–H and O–H groups in total. The van der Waals surface area contributed by atoms with Crippen LogP contribution < -0.4 is 5.73 Å². The normalized spacial score (nSPS) is 11.4. The van der Waals surface area contributed by atoms with Crippen molar-refractivity contribution in [1.29, 1.82) is 0 Å². The summed E-state index contributed by atoms with van der Waals surface area (Å²) in [5.41, 5.74) is 5.76. The highest BCUT2D eigenvalue weighted by atomic mass is 35.5. The third-order valence-electron chi connectivity index (χ3n) is 1.98. The fourth-order valence-electron chi connectivity index (χ4n) is 1.17. The Morgan fingerprint density at radius 2 is 2.00 bits per heavy atom. The van der Waals surface area contributed by atoms with Gasteiger partial charge in [0.15, 0.2) is 0 Å². The van der Waals surface area contributed by atoms with Gasteiger partial charge in [-0.3, -0.25) is 0 Å². The van der Waals surface area contributed by atoms with Crippen LogP contribution in [0.15, 0.2) is 18.2 Å². The summed E-state index contributed by atoms with van der Waals surface area (Å²) in [6, 6.07) is 4.42. The lowest BCUT2D eigenvalue weighted by Crippen LogP contribution is -2.19. The second kappa shape index (κ2) is 6.63. The summed E-state index contributed by atoms with van der Waals surface area (Å²) >= 11 is 5.78. The van der Waals surface area contributed by atoms with E-state index in [1.54, 1.807) is 0 Å². The number of hydrogen-bond donors (Lipinski definition) is 1. The van der Waals surface area contributed by atoms with E-state index in [4.69, 9.17) is 22.1 Å². The number of halogens is 4. The van der Waals surface area contributed by atoms with Crippen LogP contribution >= 0.6 is 11.6 Å². The third-order valence-corrected chi connectivity index (χ3v) is 2.40. The minimum absolute atomic E-state index is 0.0451. The average molecular weight is 298 g/mol. The van der Waals surface area contributed by atoms with Crippen molar-refractivity contribution in [2.45, 2.75) is 6.18 Å². The minimum atomic E-state index is -4.40. The van der Waals surface area contributed by atoms with Crippen LogP contribution in [0.1, 0.15) is 10.4 Å². The number of nitrogens with two attached hydrogens (primary N) is 1. The van der Waals surface area contributed by atoms with E-state index in [1.165, 1.54) is 18.2 Å². The van der Waals surface area contributed by atoms with Gasteiger partial charge in [-0.05, 0) is 12.1 Å². The van der Waals surface area contributed by atoms with Gasteiger partial charge in [-0.2, -0.15) is 13.2 Å². The van der Waals surface area contributed by atoms with E-state index in [0.717, 1.165) is 0 Å². The molecular formula is C11H11ClF3NO3. The van der Waals surface area contributed by atoms with Crippen LogP contribution in [-0.4, -0.2) is 32.0 Å². The van der Waals surface area contributed by atoms with E-state index in [0.29, 0.717) is 0 Å². The van der Waals surface area contributed by atoms with E-state index >= 15 is 0 Å². The standard InChI is InChI=1S/C11H11ClF3NO3/c12-9-7(2-1-3-8(9)16)10(17)19-5-4-18-6-11(13,14)15/h1-3H,4-6,16H2. The Labute approximate surface area is 112 Å². The van der Waals surface area contributed by atoms with Crippen LogP contribution in [0.4, 0.5) is 18.9 Å². The molecule has 1 aromatic rings. The number of esters is 1. The van der Waals surface area contributed by atoms with E-state index in [2.05, 4.69) is 4.74 Å². The zero-order chi connectivity index (χ0) is 14.5. The van der Waals surface area contributed by atoms with Crippen LogP contribution in [-0.2, 0) is 9.47 Å². The van der Waals surface area contributed by atoms with Crippen molar-refractivity contribution in [3.05, 3.63) is 28.8 Å². The first-order valence-electron chi connectivity index (χ1n) is 5.17. The molecule has 0 heterocycles. The Hall–Kier alpha value is -1.47. The van der Waals surface area contributed by atoms with Gasteiger partial charge in [0.2, 0.25) is 0 Å². The number of carbonyl (C=O) groups excluding carboxylic acids is 1. The molecule has 0 saturated carbocycles. The number of benzene rings is 1. The Morgan fingerprint density at radius 3 is 2.63 bits per heavy atom. The number of rotatable bonds is 5. The van der Waals surface area contributed by atoms with Crippen LogP contribution in [0.3, 0.4) is 0 Å². The topological polar surface area (TPSA) is 61.6 Å². The summed E-state index contributed by atoms with van der Waals surface area (Å²) in [7, 11) is 0. The summed E-state index contributed by atoms with van der Waals surface area (Å²) < 4.78 is 44.2. The van der Waals surface area contributed by atoms with Gasteiger partial charge < -0.3 is 15.2 Å². The van der Waals surface area contributed by atoms with Gasteiger partial charge in [-0.1, -0.05) is 17.7 Å². The van der Waals surface area contributed by atoms with Gasteiger partial charge in [0, 0.05) is 0 Å². The predicted molar refractivity (Wildman–Crippen MR) is 63.0 cm³/mol. The largest absolute Gasteiger partial charge is 0.460 e. The molecule has 0 aromatic heterocycles. The minimum Gasteiger partial charge on any atom is -0.460 e. The number of hydrogen-bond acceptors (Lipinski definition) is 4. The highest BCUT2D eigenvalue weighted by Gasteiger charge is 2.27. The summed E-state index contributed by atoms with van der Waals surface area (Å²) in [5, 5.41) is 0.0451. The van der Waals surface area contributed by atoms with Crippen molar-refractivity contribution in [2.24, 2.45) is 0 Å². The Bertz CT molecular complexity index is 451. The second-order valence-electron chi connectivity index (χ2n) is 3.51. The fourth-order valence-corrected chi connectivity index (χ4v) is 1.37. The molecule has 0 aliphatic heterocycles. The van der Waals surface area contributed by atoms with Crippen molar-refractivity contribution < 1.29 is 27.4 Å². The fraction of sp³-hybridized carbons (Fsp3) is 0.364. The van der Waals surface area contributed by atoms with Gasteiger partial charge in [0.1, 0.15) is 13.2 Å². The van der Waals surface area contributed by atoms with Gasteiger partial charge in [-0.25, -0.2) is 4.79 Å². The molecule has 106 valence electrons. The zero-order valence-electron chi connectivity index (χ0n) is 9.67. The number of anilines is 1. The van der Waals surface area contributed by atoms with E-state index in [-0.39, 0.29) is 29.5 Å². The molecule has 4 nitrogen and oxygen atoms in total. The van der Waals surface area contributed by atoms with Gasteiger partial charge in [0.05, 0.1) is 22.9 Å². The third kappa shape index (κ3) is 5.35. The molecule has 0 atom stereocenters. The SMILES string of the molecule is Nc1cccc(C(=O)OCCOCC(F)(F)F)c1Cl. The Morgan fingerprint density at radius 1 is 1.32 bits per heavy atom. The average Bonchev–Trinajstić information content (AvgIpc) is 2.30. The smallest absolute Gasteiger partial charge is 0.411 e. The van der Waals surface area contributed by atoms with E-state index in [9.17, 15) is 18.0 Å². The van der Waals surface area contributed by atoms with E-state index < -0.39 is 18.8 Å². The first-order chi connectivity index (χ1) is 8.81. The number of nitrogen functional groups attached to an aromatic ring is 1. The monoisotopic (exact) mass is 297 g/mol. The molecular weight excluding hydrogens is 287 g/mol. The Kier molecular flexibility index (Phi) is 5.44. The maximum atomic E-state index is 11.7. The first-order valence-corrected chi connectivity index (χ1v) is 5.54. The molecule has 1 rings (SSSR count). The van der Waals surface area contributed by atoms with Crippen LogP contribution in [0, 0.1) is 0 Å². The number of alkyl halides is 3. The van der Waals surface area contributed by atoms with Crippen molar-refractivity contribution in [2.75, 3.05) is 25.6 Å². The van der Waals surface area contributed by atoms with Crippen LogP contribution in [0.2, 0.25) is 5.02 Å². The molecule has 0 unspecified atom stereocenters. The molecule has 0 radical (unpaired) electrons. The number of ether oxygens (including phenoxy) is 2. The number of carbonyl (C=O) groups is 1. The van der Waals surface area contributed by atoms with Crippen LogP contribution in [0.25, 0.3) is 0 Å². The van der Waals surface area contributed by atoms with Gasteiger partial charge >= 0.3 is 12.1 Å². The van der Waals surface area contributed by atoms with Crippen molar-refractivity contribution in [3.63, 3.8) is 0 Å². The molecule has 0 aliphatic rings. The van der Waals surface area contributed by atoms with Gasteiger partial charge in [0.25, 0.3) is 0 Å². The first kappa shape index (κ1) is 15.6. The molecule has 0 bridgehead atoms. The quantitative estimate of drug-likeness (QED) is 0.515. The molecule has 0 saturated heterocycles. The summed E-state index contributed by atoms with van der Waals surface area (Å²) in [6.07, 6.45) is -4.40. The molecule has 0 aliphatic carbocycles. The molecule has 0 fully saturated rings. The lowest BCUT2D eigenvalue weighted by Gasteiger charge is -2.09. The Balaban J connectivity index is 2.38. The highest BCUT2D eigenvalue weighted by Crippen LogP contribution is 2.23. The summed E-state index contributed by atoms with van der Waals surface area (Å²) in [4.78, 5) is 11.5. The molecule has 1 aromatic carbocycles. The maximum absolute atomic E-state index is 11.7. The van der Waals surface area contributed by atoms with Gasteiger partial charge in [-0.15, -0.1) is 0 Å². The highest BCUT2D eigenvalue weighted by molar-refractivity contribution is 6.36. The maximum Gasteiger partial charge on any atom is 0.411 e. The van der Waals surface area contributed by atoms with Crippen LogP contribution in [0.5, 0.6) is 0 Å². The lowest BCUT2D eigenvalue weighted by molar-refractivity contribution is -0.175. The molecule has 0 spiro atoms. The zero-order valence-corrected chi connectivity index (χ0v) is 10.4. The van der Waals surface area contributed by atoms with E-state index in [1.807, 2.05) is 0 Å².